The summed E-state index contributed by atoms with van der Waals surface area (Å²) in [5, 5.41) is 6.19. The van der Waals surface area contributed by atoms with Crippen LogP contribution in [0.15, 0.2) is 48.5 Å². The van der Waals surface area contributed by atoms with Crippen LogP contribution in [-0.2, 0) is 16.4 Å². The van der Waals surface area contributed by atoms with Crippen LogP contribution in [0.1, 0.15) is 23.5 Å². The minimum atomic E-state index is -2.90. The average Bonchev–Trinajstić information content (AvgIpc) is 2.95. The van der Waals surface area contributed by atoms with E-state index in [2.05, 4.69) is 10.6 Å². The summed E-state index contributed by atoms with van der Waals surface area (Å²) < 4.78 is 23.1. The molecule has 3 rings (SSSR count). The number of sulfone groups is 1. The minimum absolute atomic E-state index is 0.0535. The maximum absolute atomic E-state index is 12.0. The Hall–Kier alpha value is -2.05. The summed E-state index contributed by atoms with van der Waals surface area (Å²) in [5.41, 5.74) is 2.61. The summed E-state index contributed by atoms with van der Waals surface area (Å²) in [5.74, 6) is 0.518. The molecule has 0 unspecified atom stereocenters. The molecule has 0 saturated carbocycles. The number of halogens is 1. The van der Waals surface area contributed by atoms with Crippen molar-refractivity contribution in [3.8, 4) is 0 Å². The molecule has 7 heteroatoms. The topological polar surface area (TPSA) is 75.3 Å². The van der Waals surface area contributed by atoms with Gasteiger partial charge in [-0.3, -0.25) is 0 Å². The van der Waals surface area contributed by atoms with Gasteiger partial charge in [-0.05, 0) is 47.7 Å². The molecule has 132 valence electrons. The summed E-state index contributed by atoms with van der Waals surface area (Å²) in [6.45, 7) is 0.404. The number of hydrogen-bond donors (Lipinski definition) is 2. The number of urea groups is 1. The molecule has 2 N–H and O–H groups in total. The zero-order valence-electron chi connectivity index (χ0n) is 13.5. The van der Waals surface area contributed by atoms with Crippen LogP contribution in [0.3, 0.4) is 0 Å². The van der Waals surface area contributed by atoms with Crippen LogP contribution in [0.5, 0.6) is 0 Å². The number of carbonyl (C=O) groups excluding carboxylic acids is 1. The normalized spacial score (nSPS) is 18.7. The molecular formula is C18H19ClN2O3S. The van der Waals surface area contributed by atoms with E-state index in [1.54, 1.807) is 24.3 Å². The largest absolute Gasteiger partial charge is 0.334 e. The van der Waals surface area contributed by atoms with E-state index in [-0.39, 0.29) is 23.5 Å². The third-order valence-corrected chi connectivity index (χ3v) is 6.26. The fraction of sp³-hybridized carbons (Fsp3) is 0.278. The molecule has 5 nitrogen and oxygen atoms in total. The van der Waals surface area contributed by atoms with Crippen LogP contribution in [0.4, 0.5) is 10.5 Å². The molecule has 2 amide bonds. The number of nitrogens with one attached hydrogen (secondary N) is 2. The predicted octanol–water partition coefficient (Wildman–Crippen LogP) is 3.56. The molecule has 0 aromatic heterocycles. The Morgan fingerprint density at radius 2 is 1.76 bits per heavy atom. The zero-order valence-corrected chi connectivity index (χ0v) is 15.1. The molecule has 1 saturated heterocycles. The highest BCUT2D eigenvalue weighted by Crippen LogP contribution is 2.29. The van der Waals surface area contributed by atoms with Crippen LogP contribution in [0.2, 0.25) is 5.02 Å². The van der Waals surface area contributed by atoms with Gasteiger partial charge in [0.1, 0.15) is 0 Å². The SMILES string of the molecule is O=C(NCc1ccc(Cl)cc1)Nc1ccc([C@H]2CCS(=O)(=O)C2)cc1. The number of rotatable bonds is 4. The first-order valence-corrected chi connectivity index (χ1v) is 10.2. The molecule has 1 aliphatic heterocycles. The lowest BCUT2D eigenvalue weighted by atomic mass is 9.99. The van der Waals surface area contributed by atoms with Gasteiger partial charge >= 0.3 is 6.03 Å². The van der Waals surface area contributed by atoms with E-state index in [0.717, 1.165) is 11.1 Å². The van der Waals surface area contributed by atoms with Gasteiger partial charge in [0.25, 0.3) is 0 Å². The first kappa shape index (κ1) is 17.8. The van der Waals surface area contributed by atoms with Gasteiger partial charge in [-0.15, -0.1) is 0 Å². The lowest BCUT2D eigenvalue weighted by Gasteiger charge is -2.11. The van der Waals surface area contributed by atoms with Crippen molar-refractivity contribution in [2.45, 2.75) is 18.9 Å². The molecule has 2 aromatic carbocycles. The molecule has 25 heavy (non-hydrogen) atoms. The molecule has 0 spiro atoms. The molecule has 2 aromatic rings. The zero-order chi connectivity index (χ0) is 17.9. The lowest BCUT2D eigenvalue weighted by Crippen LogP contribution is -2.28. The number of hydrogen-bond acceptors (Lipinski definition) is 3. The Bertz CT molecular complexity index is 849. The molecular weight excluding hydrogens is 360 g/mol. The standard InChI is InChI=1S/C18H19ClN2O3S/c19-16-5-1-13(2-6-16)11-20-18(22)21-17-7-3-14(4-8-17)15-9-10-25(23,24)12-15/h1-8,15H,9-12H2,(H2,20,21,22)/t15-/m0/s1. The molecule has 1 fully saturated rings. The van der Waals surface area contributed by atoms with E-state index in [0.29, 0.717) is 23.7 Å². The Labute approximate surface area is 152 Å². The quantitative estimate of drug-likeness (QED) is 0.854. The molecule has 0 aliphatic carbocycles. The van der Waals surface area contributed by atoms with E-state index in [1.807, 2.05) is 24.3 Å². The van der Waals surface area contributed by atoms with E-state index in [1.165, 1.54) is 0 Å². The van der Waals surface area contributed by atoms with Crippen molar-refractivity contribution < 1.29 is 13.2 Å². The summed E-state index contributed by atoms with van der Waals surface area (Å²) >= 11 is 5.82. The lowest BCUT2D eigenvalue weighted by molar-refractivity contribution is 0.251. The molecule has 0 radical (unpaired) electrons. The van der Waals surface area contributed by atoms with Gasteiger partial charge in [0.2, 0.25) is 0 Å². The van der Waals surface area contributed by atoms with Crippen molar-refractivity contribution in [1.82, 2.24) is 5.32 Å². The van der Waals surface area contributed by atoms with Gasteiger partial charge in [0.15, 0.2) is 9.84 Å². The Balaban J connectivity index is 1.52. The summed E-state index contributed by atoms with van der Waals surface area (Å²) in [6.07, 6.45) is 0.663. The number of carbonyl (C=O) groups is 1. The van der Waals surface area contributed by atoms with Crippen molar-refractivity contribution in [1.29, 1.82) is 0 Å². The van der Waals surface area contributed by atoms with Crippen molar-refractivity contribution in [2.24, 2.45) is 0 Å². The maximum Gasteiger partial charge on any atom is 0.319 e. The maximum atomic E-state index is 12.0. The van der Waals surface area contributed by atoms with Gasteiger partial charge in [-0.2, -0.15) is 0 Å². The van der Waals surface area contributed by atoms with Crippen molar-refractivity contribution in [2.75, 3.05) is 16.8 Å². The number of anilines is 1. The van der Waals surface area contributed by atoms with Crippen LogP contribution >= 0.6 is 11.6 Å². The van der Waals surface area contributed by atoms with Crippen molar-refractivity contribution in [3.05, 3.63) is 64.7 Å². The first-order valence-electron chi connectivity index (χ1n) is 8.01. The highest BCUT2D eigenvalue weighted by Gasteiger charge is 2.28. The van der Waals surface area contributed by atoms with Gasteiger partial charge in [-0.25, -0.2) is 13.2 Å². The van der Waals surface area contributed by atoms with E-state index in [4.69, 9.17) is 11.6 Å². The average molecular weight is 379 g/mol. The highest BCUT2D eigenvalue weighted by atomic mass is 35.5. The molecule has 0 bridgehead atoms. The minimum Gasteiger partial charge on any atom is -0.334 e. The van der Waals surface area contributed by atoms with Crippen LogP contribution in [0.25, 0.3) is 0 Å². The summed E-state index contributed by atoms with van der Waals surface area (Å²) in [4.78, 5) is 12.0. The summed E-state index contributed by atoms with van der Waals surface area (Å²) in [7, 11) is -2.90. The van der Waals surface area contributed by atoms with Crippen LogP contribution in [-0.4, -0.2) is 26.0 Å². The molecule has 1 atom stereocenters. The van der Waals surface area contributed by atoms with Gasteiger partial charge in [-0.1, -0.05) is 35.9 Å². The number of amides is 2. The van der Waals surface area contributed by atoms with E-state index < -0.39 is 9.84 Å². The number of benzene rings is 2. The van der Waals surface area contributed by atoms with E-state index in [9.17, 15) is 13.2 Å². The fourth-order valence-corrected chi connectivity index (χ4v) is 4.76. The Morgan fingerprint density at radius 3 is 2.36 bits per heavy atom. The molecule has 1 aliphatic rings. The predicted molar refractivity (Wildman–Crippen MR) is 99.8 cm³/mol. The highest BCUT2D eigenvalue weighted by molar-refractivity contribution is 7.91. The van der Waals surface area contributed by atoms with Gasteiger partial charge in [0.05, 0.1) is 11.5 Å². The van der Waals surface area contributed by atoms with Gasteiger partial charge in [0, 0.05) is 17.3 Å². The first-order chi connectivity index (χ1) is 11.9. The second-order valence-electron chi connectivity index (χ2n) is 6.16. The van der Waals surface area contributed by atoms with Crippen molar-refractivity contribution >= 4 is 33.2 Å². The molecule has 1 heterocycles. The smallest absolute Gasteiger partial charge is 0.319 e. The third kappa shape index (κ3) is 4.96. The second kappa shape index (κ2) is 7.45. The monoisotopic (exact) mass is 378 g/mol. The second-order valence-corrected chi connectivity index (χ2v) is 8.82. The van der Waals surface area contributed by atoms with Crippen molar-refractivity contribution in [3.63, 3.8) is 0 Å². The summed E-state index contributed by atoms with van der Waals surface area (Å²) in [6, 6.07) is 14.3. The Kier molecular flexibility index (Phi) is 5.30. The Morgan fingerprint density at radius 1 is 1.08 bits per heavy atom. The fourth-order valence-electron chi connectivity index (χ4n) is 2.86. The van der Waals surface area contributed by atoms with Crippen LogP contribution in [0, 0.1) is 0 Å². The van der Waals surface area contributed by atoms with Gasteiger partial charge < -0.3 is 10.6 Å². The van der Waals surface area contributed by atoms with Crippen LogP contribution < -0.4 is 10.6 Å². The van der Waals surface area contributed by atoms with E-state index >= 15 is 0 Å². The third-order valence-electron chi connectivity index (χ3n) is 4.24.